The van der Waals surface area contributed by atoms with Crippen LogP contribution in [0.3, 0.4) is 0 Å². The van der Waals surface area contributed by atoms with E-state index < -0.39 is 16.3 Å². The summed E-state index contributed by atoms with van der Waals surface area (Å²) < 4.78 is 16.2. The molecule has 4 rings (SSSR count). The second-order valence-electron chi connectivity index (χ2n) is 6.36. The molecule has 2 heterocycles. The topological polar surface area (TPSA) is 119 Å². The van der Waals surface area contributed by atoms with Crippen molar-refractivity contribution >= 4 is 22.3 Å². The average Bonchev–Trinajstić information content (AvgIpc) is 3.11. The maximum Gasteiger partial charge on any atom is 0.293 e. The molecule has 0 unspecified atom stereocenters. The molecule has 9 nitrogen and oxygen atoms in total. The van der Waals surface area contributed by atoms with Crippen molar-refractivity contribution in [2.75, 3.05) is 5.32 Å². The number of hydrogen-bond donors (Lipinski definition) is 2. The predicted octanol–water partition coefficient (Wildman–Crippen LogP) is 3.08. The Kier molecular flexibility index (Phi) is 4.51. The highest BCUT2D eigenvalue weighted by Gasteiger charge is 2.17. The molecule has 10 heteroatoms. The van der Waals surface area contributed by atoms with Crippen LogP contribution in [0.15, 0.2) is 53.8 Å². The molecule has 0 radical (unpaired) electrons. The third-order valence-electron chi connectivity index (χ3n) is 4.53. The highest BCUT2D eigenvalue weighted by atomic mass is 19.1. The average molecular weight is 394 g/mol. The first kappa shape index (κ1) is 18.3. The van der Waals surface area contributed by atoms with Gasteiger partial charge < -0.3 is 14.9 Å². The number of anilines is 1. The van der Waals surface area contributed by atoms with Crippen LogP contribution in [0, 0.1) is 22.9 Å². The van der Waals surface area contributed by atoms with E-state index in [1.807, 2.05) is 0 Å². The lowest BCUT2D eigenvalue weighted by atomic mass is 10.1. The summed E-state index contributed by atoms with van der Waals surface area (Å²) >= 11 is 0. The van der Waals surface area contributed by atoms with Gasteiger partial charge in [-0.2, -0.15) is 0 Å². The molecule has 0 saturated carbocycles. The number of aryl methyl sites for hydroxylation is 1. The van der Waals surface area contributed by atoms with Gasteiger partial charge in [0, 0.05) is 25.0 Å². The lowest BCUT2D eigenvalue weighted by Gasteiger charge is -2.11. The molecule has 0 spiro atoms. The summed E-state index contributed by atoms with van der Waals surface area (Å²) in [7, 11) is 0. The number of halogens is 1. The van der Waals surface area contributed by atoms with Crippen LogP contribution in [-0.4, -0.2) is 24.4 Å². The van der Waals surface area contributed by atoms with Gasteiger partial charge in [0.15, 0.2) is 0 Å². The molecular formula is C19H15FN6O3. The molecule has 0 bridgehead atoms. The third-order valence-corrected chi connectivity index (χ3v) is 4.53. The van der Waals surface area contributed by atoms with Crippen LogP contribution in [0.1, 0.15) is 11.4 Å². The summed E-state index contributed by atoms with van der Waals surface area (Å²) in [6.07, 6.45) is 4.48. The van der Waals surface area contributed by atoms with Gasteiger partial charge in [-0.15, -0.1) is 0 Å². The Morgan fingerprint density at radius 1 is 1.28 bits per heavy atom. The van der Waals surface area contributed by atoms with Gasteiger partial charge in [0.05, 0.1) is 27.8 Å². The van der Waals surface area contributed by atoms with Gasteiger partial charge in [-0.25, -0.2) is 14.4 Å². The van der Waals surface area contributed by atoms with Crippen molar-refractivity contribution in [3.8, 4) is 5.69 Å². The molecule has 0 fully saturated rings. The number of nitro benzene ring substituents is 1. The molecule has 2 aromatic heterocycles. The number of aromatic amines is 1. The fraction of sp³-hybridized carbons (Fsp3) is 0.105. The summed E-state index contributed by atoms with van der Waals surface area (Å²) in [6.45, 7) is 1.92. The number of nitrogens with one attached hydrogen (secondary N) is 2. The van der Waals surface area contributed by atoms with E-state index in [-0.39, 0.29) is 23.3 Å². The number of imidazole rings is 1. The Morgan fingerprint density at radius 3 is 2.79 bits per heavy atom. The predicted molar refractivity (Wildman–Crippen MR) is 105 cm³/mol. The summed E-state index contributed by atoms with van der Waals surface area (Å²) in [6, 6.07) is 7.31. The Bertz CT molecular complexity index is 1300. The fourth-order valence-corrected chi connectivity index (χ4v) is 3.08. The molecule has 0 saturated heterocycles. The zero-order valence-electron chi connectivity index (χ0n) is 15.2. The summed E-state index contributed by atoms with van der Waals surface area (Å²) in [5, 5.41) is 14.5. The van der Waals surface area contributed by atoms with E-state index in [0.717, 1.165) is 0 Å². The largest absolute Gasteiger partial charge is 0.375 e. The molecule has 0 atom stereocenters. The highest BCUT2D eigenvalue weighted by molar-refractivity contribution is 5.86. The SMILES string of the molecule is Cc1nccn1-c1ccc(CNc2cc3nc[nH]c(=O)c3cc2[N+](=O)[O-])cc1F. The molecule has 0 aliphatic heterocycles. The van der Waals surface area contributed by atoms with Crippen molar-refractivity contribution < 1.29 is 9.31 Å². The first-order valence-corrected chi connectivity index (χ1v) is 8.62. The van der Waals surface area contributed by atoms with Gasteiger partial charge in [0.1, 0.15) is 17.3 Å². The monoisotopic (exact) mass is 394 g/mol. The zero-order valence-corrected chi connectivity index (χ0v) is 15.2. The lowest BCUT2D eigenvalue weighted by Crippen LogP contribution is -2.09. The van der Waals surface area contributed by atoms with Crippen LogP contribution >= 0.6 is 0 Å². The minimum Gasteiger partial charge on any atom is -0.375 e. The number of nitro groups is 1. The van der Waals surface area contributed by atoms with Gasteiger partial charge >= 0.3 is 0 Å². The molecule has 146 valence electrons. The second-order valence-corrected chi connectivity index (χ2v) is 6.36. The van der Waals surface area contributed by atoms with Crippen LogP contribution in [0.4, 0.5) is 15.8 Å². The van der Waals surface area contributed by atoms with Crippen molar-refractivity contribution in [3.63, 3.8) is 0 Å². The quantitative estimate of drug-likeness (QED) is 0.397. The van der Waals surface area contributed by atoms with Gasteiger partial charge in [-0.05, 0) is 30.7 Å². The van der Waals surface area contributed by atoms with E-state index >= 15 is 0 Å². The van der Waals surface area contributed by atoms with E-state index in [1.165, 1.54) is 24.5 Å². The van der Waals surface area contributed by atoms with E-state index in [1.54, 1.807) is 36.0 Å². The van der Waals surface area contributed by atoms with Crippen molar-refractivity contribution in [2.45, 2.75) is 13.5 Å². The molecule has 29 heavy (non-hydrogen) atoms. The van der Waals surface area contributed by atoms with E-state index in [9.17, 15) is 19.3 Å². The Hall–Kier alpha value is -4.08. The number of benzene rings is 2. The van der Waals surface area contributed by atoms with Gasteiger partial charge in [0.2, 0.25) is 0 Å². The zero-order chi connectivity index (χ0) is 20.5. The maximum atomic E-state index is 14.5. The normalized spacial score (nSPS) is 11.0. The van der Waals surface area contributed by atoms with Gasteiger partial charge in [-0.3, -0.25) is 14.9 Å². The fourth-order valence-electron chi connectivity index (χ4n) is 3.08. The van der Waals surface area contributed by atoms with Crippen LogP contribution < -0.4 is 10.9 Å². The Labute approximate surface area is 163 Å². The van der Waals surface area contributed by atoms with Crippen molar-refractivity contribution in [3.05, 3.63) is 86.7 Å². The standard InChI is InChI=1S/C19H15FN6O3/c1-11-21-4-5-25(11)17-3-2-12(6-14(17)20)9-22-16-8-15-13(7-18(16)26(28)29)19(27)24-10-23-15/h2-8,10,22H,9H2,1H3,(H,23,24,27). The van der Waals surface area contributed by atoms with Gasteiger partial charge in [0.25, 0.3) is 11.2 Å². The van der Waals surface area contributed by atoms with Crippen molar-refractivity contribution in [2.24, 2.45) is 0 Å². The number of hydrogen-bond acceptors (Lipinski definition) is 6. The molecule has 0 aliphatic carbocycles. The summed E-state index contributed by atoms with van der Waals surface area (Å²) in [4.78, 5) is 33.2. The Morgan fingerprint density at radius 2 is 2.10 bits per heavy atom. The number of rotatable bonds is 5. The summed E-state index contributed by atoms with van der Waals surface area (Å²) in [5.41, 5.74) is 0.745. The number of nitrogens with zero attached hydrogens (tertiary/aromatic N) is 4. The highest BCUT2D eigenvalue weighted by Crippen LogP contribution is 2.28. The van der Waals surface area contributed by atoms with Crippen LogP contribution in [0.5, 0.6) is 0 Å². The molecule has 2 aromatic carbocycles. The molecule has 0 amide bonds. The Balaban J connectivity index is 1.64. The van der Waals surface area contributed by atoms with Crippen molar-refractivity contribution in [1.29, 1.82) is 0 Å². The maximum absolute atomic E-state index is 14.5. The second kappa shape index (κ2) is 7.15. The molecule has 4 aromatic rings. The van der Waals surface area contributed by atoms with Gasteiger partial charge in [-0.1, -0.05) is 6.07 Å². The third kappa shape index (κ3) is 3.43. The number of aromatic nitrogens is 4. The van der Waals surface area contributed by atoms with E-state index in [2.05, 4.69) is 20.3 Å². The van der Waals surface area contributed by atoms with Crippen molar-refractivity contribution in [1.82, 2.24) is 19.5 Å². The first-order chi connectivity index (χ1) is 13.9. The number of fused-ring (bicyclic) bond motifs is 1. The first-order valence-electron chi connectivity index (χ1n) is 8.62. The smallest absolute Gasteiger partial charge is 0.293 e. The summed E-state index contributed by atoms with van der Waals surface area (Å²) in [5.74, 6) is 0.218. The van der Waals surface area contributed by atoms with E-state index in [0.29, 0.717) is 22.6 Å². The lowest BCUT2D eigenvalue weighted by molar-refractivity contribution is -0.383. The van der Waals surface area contributed by atoms with Crippen LogP contribution in [0.25, 0.3) is 16.6 Å². The molecular weight excluding hydrogens is 379 g/mol. The molecule has 0 aliphatic rings. The van der Waals surface area contributed by atoms with Crippen LogP contribution in [0.2, 0.25) is 0 Å². The molecule has 2 N–H and O–H groups in total. The van der Waals surface area contributed by atoms with Crippen LogP contribution in [-0.2, 0) is 6.54 Å². The minimum absolute atomic E-state index is 0.121. The minimum atomic E-state index is -0.584. The number of H-pyrrole nitrogens is 1. The van der Waals surface area contributed by atoms with E-state index in [4.69, 9.17) is 0 Å².